The van der Waals surface area contributed by atoms with Gasteiger partial charge in [0.2, 0.25) is 0 Å². The second-order valence-corrected chi connectivity index (χ2v) is 6.38. The summed E-state index contributed by atoms with van der Waals surface area (Å²) in [5, 5.41) is 10.1. The molecule has 128 valence electrons. The molecule has 0 spiro atoms. The molecule has 0 fully saturated rings. The lowest BCUT2D eigenvalue weighted by Gasteiger charge is -2.20. The molecule has 0 saturated carbocycles. The first-order valence-electron chi connectivity index (χ1n) is 7.55. The number of benzene rings is 1. The van der Waals surface area contributed by atoms with E-state index in [-0.39, 0.29) is 5.91 Å². The molecule has 1 aromatic carbocycles. The zero-order valence-electron chi connectivity index (χ0n) is 13.9. The fourth-order valence-corrected chi connectivity index (χ4v) is 1.97. The average Bonchev–Trinajstić information content (AvgIpc) is 2.52. The van der Waals surface area contributed by atoms with Gasteiger partial charge in [0, 0.05) is 31.7 Å². The number of rotatable bonds is 6. The Bertz CT molecular complexity index is 561. The van der Waals surface area contributed by atoms with E-state index in [1.807, 2.05) is 0 Å². The third kappa shape index (κ3) is 6.67. The first-order chi connectivity index (χ1) is 10.8. The van der Waals surface area contributed by atoms with Crippen LogP contribution in [0.5, 0.6) is 0 Å². The molecule has 1 amide bonds. The molecule has 0 aromatic heterocycles. The third-order valence-corrected chi connectivity index (χ3v) is 4.21. The molecule has 0 aliphatic carbocycles. The van der Waals surface area contributed by atoms with Gasteiger partial charge in [0.05, 0.1) is 10.0 Å². The summed E-state index contributed by atoms with van der Waals surface area (Å²) in [4.78, 5) is 16.2. The molecule has 0 aliphatic rings. The van der Waals surface area contributed by atoms with Crippen LogP contribution in [0.2, 0.25) is 10.0 Å². The van der Waals surface area contributed by atoms with Crippen LogP contribution in [0.1, 0.15) is 31.1 Å². The van der Waals surface area contributed by atoms with Crippen LogP contribution in [-0.4, -0.2) is 38.0 Å². The van der Waals surface area contributed by atoms with Gasteiger partial charge in [-0.2, -0.15) is 0 Å². The van der Waals surface area contributed by atoms with Crippen LogP contribution in [0.3, 0.4) is 0 Å². The van der Waals surface area contributed by atoms with Gasteiger partial charge in [-0.1, -0.05) is 37.0 Å². The van der Waals surface area contributed by atoms with Crippen molar-refractivity contribution in [1.82, 2.24) is 16.0 Å². The predicted molar refractivity (Wildman–Crippen MR) is 97.6 cm³/mol. The highest BCUT2D eigenvalue weighted by atomic mass is 35.5. The van der Waals surface area contributed by atoms with Gasteiger partial charge in [-0.25, -0.2) is 0 Å². The van der Waals surface area contributed by atoms with Crippen molar-refractivity contribution in [2.24, 2.45) is 10.9 Å². The molecule has 5 nitrogen and oxygen atoms in total. The summed E-state index contributed by atoms with van der Waals surface area (Å²) in [7, 11) is 1.72. The van der Waals surface area contributed by atoms with Crippen molar-refractivity contribution in [3.05, 3.63) is 33.8 Å². The summed E-state index contributed by atoms with van der Waals surface area (Å²) >= 11 is 11.7. The van der Waals surface area contributed by atoms with Gasteiger partial charge >= 0.3 is 0 Å². The second kappa shape index (κ2) is 9.63. The van der Waals surface area contributed by atoms with Crippen molar-refractivity contribution >= 4 is 35.1 Å². The molecule has 23 heavy (non-hydrogen) atoms. The zero-order valence-corrected chi connectivity index (χ0v) is 15.4. The number of nitrogens with zero attached hydrogens (tertiary/aromatic N) is 1. The highest BCUT2D eigenvalue weighted by Crippen LogP contribution is 2.22. The van der Waals surface area contributed by atoms with Crippen molar-refractivity contribution in [3.63, 3.8) is 0 Å². The van der Waals surface area contributed by atoms with E-state index < -0.39 is 0 Å². The minimum Gasteiger partial charge on any atom is -0.355 e. The monoisotopic (exact) mass is 358 g/mol. The van der Waals surface area contributed by atoms with Crippen LogP contribution >= 0.6 is 23.2 Å². The quantitative estimate of drug-likeness (QED) is 0.416. The fourth-order valence-electron chi connectivity index (χ4n) is 1.67. The summed E-state index contributed by atoms with van der Waals surface area (Å²) in [5.41, 5.74) is 0.482. The molecule has 3 N–H and O–H groups in total. The number of hydrogen-bond donors (Lipinski definition) is 3. The van der Waals surface area contributed by atoms with E-state index in [0.29, 0.717) is 40.7 Å². The summed E-state index contributed by atoms with van der Waals surface area (Å²) < 4.78 is 0. The van der Waals surface area contributed by atoms with Gasteiger partial charge in [-0.3, -0.25) is 9.79 Å². The predicted octanol–water partition coefficient (Wildman–Crippen LogP) is 2.93. The van der Waals surface area contributed by atoms with Gasteiger partial charge in [0.15, 0.2) is 5.96 Å². The van der Waals surface area contributed by atoms with Crippen molar-refractivity contribution in [3.8, 4) is 0 Å². The summed E-state index contributed by atoms with van der Waals surface area (Å²) in [6.07, 6.45) is 0. The Morgan fingerprint density at radius 1 is 1.13 bits per heavy atom. The van der Waals surface area contributed by atoms with Crippen LogP contribution in [0.25, 0.3) is 0 Å². The van der Waals surface area contributed by atoms with Gasteiger partial charge in [-0.15, -0.1) is 0 Å². The Morgan fingerprint density at radius 2 is 1.78 bits per heavy atom. The van der Waals surface area contributed by atoms with E-state index in [4.69, 9.17) is 23.2 Å². The summed E-state index contributed by atoms with van der Waals surface area (Å²) in [5.74, 6) is 1.03. The first kappa shape index (κ1) is 19.6. The number of halogens is 2. The molecule has 0 saturated heterocycles. The Hall–Kier alpha value is -1.46. The maximum absolute atomic E-state index is 12.0. The molecule has 1 unspecified atom stereocenters. The number of aliphatic imine (C=N–C) groups is 1. The number of nitrogens with one attached hydrogen (secondary N) is 3. The lowest BCUT2D eigenvalue weighted by atomic mass is 10.1. The zero-order chi connectivity index (χ0) is 17.4. The van der Waals surface area contributed by atoms with E-state index >= 15 is 0 Å². The molecule has 1 rings (SSSR count). The fraction of sp³-hybridized carbons (Fsp3) is 0.500. The molecular formula is C16H24Cl2N4O. The maximum Gasteiger partial charge on any atom is 0.251 e. The van der Waals surface area contributed by atoms with Crippen LogP contribution in [0.4, 0.5) is 0 Å². The van der Waals surface area contributed by atoms with E-state index in [1.54, 1.807) is 25.2 Å². The number of hydrogen-bond acceptors (Lipinski definition) is 2. The molecular weight excluding hydrogens is 335 g/mol. The van der Waals surface area contributed by atoms with Gasteiger partial charge in [-0.05, 0) is 31.0 Å². The molecule has 0 radical (unpaired) electrons. The minimum atomic E-state index is -0.191. The van der Waals surface area contributed by atoms with Crippen molar-refractivity contribution < 1.29 is 4.79 Å². The van der Waals surface area contributed by atoms with E-state index in [1.165, 1.54) is 0 Å². The SMILES string of the molecule is CN=C(NCCNC(=O)c1ccc(Cl)c(Cl)c1)NC(C)C(C)C. The molecule has 7 heteroatoms. The van der Waals surface area contributed by atoms with Gasteiger partial charge < -0.3 is 16.0 Å². The summed E-state index contributed by atoms with van der Waals surface area (Å²) in [6, 6.07) is 5.11. The highest BCUT2D eigenvalue weighted by Gasteiger charge is 2.09. The Balaban J connectivity index is 2.38. The van der Waals surface area contributed by atoms with Crippen molar-refractivity contribution in [2.45, 2.75) is 26.8 Å². The lowest BCUT2D eigenvalue weighted by Crippen LogP contribution is -2.46. The van der Waals surface area contributed by atoms with Crippen molar-refractivity contribution in [1.29, 1.82) is 0 Å². The molecule has 0 bridgehead atoms. The maximum atomic E-state index is 12.0. The van der Waals surface area contributed by atoms with Crippen LogP contribution < -0.4 is 16.0 Å². The lowest BCUT2D eigenvalue weighted by molar-refractivity contribution is 0.0954. The molecule has 0 heterocycles. The molecule has 1 atom stereocenters. The van der Waals surface area contributed by atoms with Crippen LogP contribution in [0, 0.1) is 5.92 Å². The van der Waals surface area contributed by atoms with Crippen molar-refractivity contribution in [2.75, 3.05) is 20.1 Å². The molecule has 0 aliphatic heterocycles. The average molecular weight is 359 g/mol. The van der Waals surface area contributed by atoms with Gasteiger partial charge in [0.25, 0.3) is 5.91 Å². The number of carbonyl (C=O) groups is 1. The number of guanidine groups is 1. The normalized spacial score (nSPS) is 12.9. The van der Waals surface area contributed by atoms with Crippen LogP contribution in [-0.2, 0) is 0 Å². The summed E-state index contributed by atoms with van der Waals surface area (Å²) in [6.45, 7) is 7.42. The van der Waals surface area contributed by atoms with Crippen LogP contribution in [0.15, 0.2) is 23.2 Å². The molecule has 1 aromatic rings. The Labute approximate surface area is 147 Å². The Kier molecular flexibility index (Phi) is 8.20. The number of amides is 1. The first-order valence-corrected chi connectivity index (χ1v) is 8.31. The number of carbonyl (C=O) groups excluding carboxylic acids is 1. The van der Waals surface area contributed by atoms with E-state index in [9.17, 15) is 4.79 Å². The van der Waals surface area contributed by atoms with Gasteiger partial charge in [0.1, 0.15) is 0 Å². The van der Waals surface area contributed by atoms with E-state index in [2.05, 4.69) is 41.7 Å². The standard InChI is InChI=1S/C16H24Cl2N4O/c1-10(2)11(3)22-16(19-4)21-8-7-20-15(23)12-5-6-13(17)14(18)9-12/h5-6,9-11H,7-8H2,1-4H3,(H,20,23)(H2,19,21,22). The third-order valence-electron chi connectivity index (χ3n) is 3.47. The minimum absolute atomic E-state index is 0.191. The van der Waals surface area contributed by atoms with E-state index in [0.717, 1.165) is 5.96 Å². The smallest absolute Gasteiger partial charge is 0.251 e. The largest absolute Gasteiger partial charge is 0.355 e. The second-order valence-electron chi connectivity index (χ2n) is 5.56. The topological polar surface area (TPSA) is 65.5 Å². The highest BCUT2D eigenvalue weighted by molar-refractivity contribution is 6.42. The Morgan fingerprint density at radius 3 is 2.35 bits per heavy atom.